The molecule has 0 unspecified atom stereocenters. The Morgan fingerprint density at radius 2 is 1.96 bits per heavy atom. The first-order valence-corrected chi connectivity index (χ1v) is 9.82. The molecular weight excluding hydrogens is 330 g/mol. The maximum atomic E-state index is 11.8. The number of likely N-dealkylation sites (tertiary alicyclic amines) is 1. The van der Waals surface area contributed by atoms with Gasteiger partial charge in [0.25, 0.3) is 0 Å². The lowest BCUT2D eigenvalue weighted by molar-refractivity contribution is -0.121. The normalized spacial score (nSPS) is 21.6. The summed E-state index contributed by atoms with van der Waals surface area (Å²) >= 11 is 0. The minimum absolute atomic E-state index is 0.0138. The van der Waals surface area contributed by atoms with Crippen LogP contribution in [-0.2, 0) is 14.8 Å². The van der Waals surface area contributed by atoms with Crippen molar-refractivity contribution in [2.75, 3.05) is 39.5 Å². The van der Waals surface area contributed by atoms with Gasteiger partial charge in [-0.3, -0.25) is 9.69 Å². The maximum absolute atomic E-state index is 11.8. The van der Waals surface area contributed by atoms with Crippen LogP contribution < -0.4 is 14.8 Å². The van der Waals surface area contributed by atoms with Crippen molar-refractivity contribution < 1.29 is 17.9 Å². The molecule has 7 nitrogen and oxygen atoms in total. The molecule has 1 aliphatic rings. The van der Waals surface area contributed by atoms with E-state index in [0.29, 0.717) is 19.6 Å². The fraction of sp³-hybridized carbons (Fsp3) is 0.562. The van der Waals surface area contributed by atoms with Crippen molar-refractivity contribution in [3.8, 4) is 5.75 Å². The van der Waals surface area contributed by atoms with E-state index in [1.54, 1.807) is 7.11 Å². The van der Waals surface area contributed by atoms with Gasteiger partial charge in [0, 0.05) is 31.6 Å². The van der Waals surface area contributed by atoms with Gasteiger partial charge in [-0.15, -0.1) is 0 Å². The van der Waals surface area contributed by atoms with Crippen molar-refractivity contribution in [2.45, 2.75) is 18.9 Å². The minimum Gasteiger partial charge on any atom is -0.497 e. The summed E-state index contributed by atoms with van der Waals surface area (Å²) in [4.78, 5) is 13.8. The summed E-state index contributed by atoms with van der Waals surface area (Å²) in [6.07, 6.45) is 1.16. The number of nitrogens with one attached hydrogen (secondary N) is 2. The molecule has 24 heavy (non-hydrogen) atoms. The average molecular weight is 355 g/mol. The smallest absolute Gasteiger partial charge is 0.234 e. The van der Waals surface area contributed by atoms with Gasteiger partial charge in [-0.25, -0.2) is 13.1 Å². The van der Waals surface area contributed by atoms with Gasteiger partial charge < -0.3 is 10.1 Å². The second-order valence-corrected chi connectivity index (χ2v) is 7.80. The van der Waals surface area contributed by atoms with E-state index in [1.807, 2.05) is 36.1 Å². The quantitative estimate of drug-likeness (QED) is 0.727. The molecule has 1 aromatic rings. The number of hydrogen-bond donors (Lipinski definition) is 2. The third kappa shape index (κ3) is 5.19. The molecule has 0 bridgehead atoms. The lowest BCUT2D eigenvalue weighted by Gasteiger charge is -2.19. The van der Waals surface area contributed by atoms with Gasteiger partial charge in [-0.1, -0.05) is 12.1 Å². The van der Waals surface area contributed by atoms with Crippen LogP contribution in [-0.4, -0.2) is 64.8 Å². The highest BCUT2D eigenvalue weighted by Crippen LogP contribution is 2.29. The number of rotatable bonds is 7. The highest BCUT2D eigenvalue weighted by atomic mass is 32.2. The first kappa shape index (κ1) is 18.7. The Bertz CT molecular complexity index is 660. The summed E-state index contributed by atoms with van der Waals surface area (Å²) in [5, 5.41) is 2.77. The van der Waals surface area contributed by atoms with Gasteiger partial charge in [0.2, 0.25) is 15.9 Å². The molecule has 1 aliphatic heterocycles. The minimum atomic E-state index is -3.33. The van der Waals surface area contributed by atoms with Crippen LogP contribution in [0.5, 0.6) is 5.75 Å². The molecule has 2 rings (SSSR count). The van der Waals surface area contributed by atoms with E-state index >= 15 is 0 Å². The van der Waals surface area contributed by atoms with Crippen LogP contribution in [0.25, 0.3) is 0 Å². The summed E-state index contributed by atoms with van der Waals surface area (Å²) in [7, 11) is -1.72. The van der Waals surface area contributed by atoms with Crippen LogP contribution in [0.15, 0.2) is 24.3 Å². The molecule has 2 atom stereocenters. The SMILES string of the molecule is CCNC(=O)CN1C[C@H](NS(C)(=O)=O)[C@@H](c2ccc(OC)cc2)C1. The van der Waals surface area contributed by atoms with Crippen molar-refractivity contribution in [1.29, 1.82) is 0 Å². The number of benzene rings is 1. The molecule has 0 radical (unpaired) electrons. The Labute approximate surface area is 143 Å². The molecule has 1 saturated heterocycles. The van der Waals surface area contributed by atoms with Crippen LogP contribution >= 0.6 is 0 Å². The molecule has 0 spiro atoms. The fourth-order valence-corrected chi connectivity index (χ4v) is 3.84. The van der Waals surface area contributed by atoms with Crippen molar-refractivity contribution in [3.63, 3.8) is 0 Å². The molecule has 1 fully saturated rings. The van der Waals surface area contributed by atoms with E-state index in [-0.39, 0.29) is 24.4 Å². The zero-order valence-corrected chi connectivity index (χ0v) is 15.1. The van der Waals surface area contributed by atoms with Gasteiger partial charge in [0.1, 0.15) is 5.75 Å². The molecule has 134 valence electrons. The van der Waals surface area contributed by atoms with E-state index in [2.05, 4.69) is 10.0 Å². The van der Waals surface area contributed by atoms with Crippen LogP contribution in [0.2, 0.25) is 0 Å². The zero-order chi connectivity index (χ0) is 17.7. The first-order chi connectivity index (χ1) is 11.3. The summed E-state index contributed by atoms with van der Waals surface area (Å²) in [5.41, 5.74) is 1.02. The first-order valence-electron chi connectivity index (χ1n) is 7.92. The average Bonchev–Trinajstić information content (AvgIpc) is 2.87. The Kier molecular flexibility index (Phi) is 6.20. The molecule has 1 amide bonds. The van der Waals surface area contributed by atoms with Gasteiger partial charge in [0.15, 0.2) is 0 Å². The monoisotopic (exact) mass is 355 g/mol. The molecule has 8 heteroatoms. The number of ether oxygens (including phenoxy) is 1. The molecule has 1 aromatic carbocycles. The second kappa shape index (κ2) is 7.96. The van der Waals surface area contributed by atoms with Crippen molar-refractivity contribution in [3.05, 3.63) is 29.8 Å². The Balaban J connectivity index is 2.15. The van der Waals surface area contributed by atoms with Gasteiger partial charge in [-0.2, -0.15) is 0 Å². The third-order valence-corrected chi connectivity index (χ3v) is 4.78. The molecule has 0 saturated carbocycles. The largest absolute Gasteiger partial charge is 0.497 e. The van der Waals surface area contributed by atoms with Gasteiger partial charge in [-0.05, 0) is 24.6 Å². The van der Waals surface area contributed by atoms with Crippen LogP contribution in [0.3, 0.4) is 0 Å². The number of amides is 1. The summed E-state index contributed by atoms with van der Waals surface area (Å²) in [6.45, 7) is 3.84. The Morgan fingerprint density at radius 3 is 2.50 bits per heavy atom. The van der Waals surface area contributed by atoms with E-state index in [1.165, 1.54) is 0 Å². The van der Waals surface area contributed by atoms with Crippen molar-refractivity contribution in [1.82, 2.24) is 14.9 Å². The number of carbonyl (C=O) groups excluding carboxylic acids is 1. The van der Waals surface area contributed by atoms with E-state index in [4.69, 9.17) is 4.74 Å². The fourth-order valence-electron chi connectivity index (χ4n) is 3.05. The van der Waals surface area contributed by atoms with Gasteiger partial charge in [0.05, 0.1) is 19.9 Å². The highest BCUT2D eigenvalue weighted by Gasteiger charge is 2.36. The summed E-state index contributed by atoms with van der Waals surface area (Å²) in [6, 6.07) is 7.34. The van der Waals surface area contributed by atoms with Crippen molar-refractivity contribution >= 4 is 15.9 Å². The van der Waals surface area contributed by atoms with E-state index < -0.39 is 10.0 Å². The lowest BCUT2D eigenvalue weighted by atomic mass is 9.95. The summed E-state index contributed by atoms with van der Waals surface area (Å²) in [5.74, 6) is 0.689. The molecule has 0 aliphatic carbocycles. The number of hydrogen-bond acceptors (Lipinski definition) is 5. The van der Waals surface area contributed by atoms with Gasteiger partial charge >= 0.3 is 0 Å². The Hall–Kier alpha value is -1.64. The topological polar surface area (TPSA) is 87.7 Å². The van der Waals surface area contributed by atoms with E-state index in [9.17, 15) is 13.2 Å². The lowest BCUT2D eigenvalue weighted by Crippen LogP contribution is -2.40. The predicted octanol–water partition coefficient (Wildman–Crippen LogP) is 0.148. The van der Waals surface area contributed by atoms with Crippen LogP contribution in [0.4, 0.5) is 0 Å². The number of sulfonamides is 1. The highest BCUT2D eigenvalue weighted by molar-refractivity contribution is 7.88. The molecular formula is C16H25N3O4S. The van der Waals surface area contributed by atoms with E-state index in [0.717, 1.165) is 17.6 Å². The third-order valence-electron chi connectivity index (χ3n) is 4.05. The van der Waals surface area contributed by atoms with Crippen molar-refractivity contribution in [2.24, 2.45) is 0 Å². The number of carbonyl (C=O) groups is 1. The summed E-state index contributed by atoms with van der Waals surface area (Å²) < 4.78 is 31.2. The molecule has 0 aromatic heterocycles. The van der Waals surface area contributed by atoms with Crippen LogP contribution in [0, 0.1) is 0 Å². The standard InChI is InChI=1S/C16H25N3O4S/c1-4-17-16(20)11-19-9-14(15(10-19)18-24(3,21)22)12-5-7-13(23-2)8-6-12/h5-8,14-15,18H,4,9-11H2,1-3H3,(H,17,20)/t14-,15+/m1/s1. The Morgan fingerprint density at radius 1 is 1.29 bits per heavy atom. The number of methoxy groups -OCH3 is 1. The molecule has 2 N–H and O–H groups in total. The predicted molar refractivity (Wildman–Crippen MR) is 92.6 cm³/mol. The number of likely N-dealkylation sites (N-methyl/N-ethyl adjacent to an activating group) is 1. The van der Waals surface area contributed by atoms with Crippen LogP contribution in [0.1, 0.15) is 18.4 Å². The zero-order valence-electron chi connectivity index (χ0n) is 14.3. The second-order valence-electron chi connectivity index (χ2n) is 6.02. The maximum Gasteiger partial charge on any atom is 0.234 e. The number of nitrogens with zero attached hydrogens (tertiary/aromatic N) is 1. The molecule has 1 heterocycles.